The predicted octanol–water partition coefficient (Wildman–Crippen LogP) is 5.04. The number of carbonyl (C=O) groups is 1. The van der Waals surface area contributed by atoms with Gasteiger partial charge in [0.1, 0.15) is 15.8 Å². The number of anilines is 1. The summed E-state index contributed by atoms with van der Waals surface area (Å²) in [5.74, 6) is -1.32. The Balaban J connectivity index is 2.00. The van der Waals surface area contributed by atoms with E-state index in [1.165, 1.54) is 6.21 Å². The number of phenols is 1. The third-order valence-electron chi connectivity index (χ3n) is 3.56. The summed E-state index contributed by atoms with van der Waals surface area (Å²) >= 11 is 17.9. The molecule has 3 N–H and O–H groups in total. The fourth-order valence-corrected chi connectivity index (χ4v) is 3.00. The van der Waals surface area contributed by atoms with Gasteiger partial charge in [-0.2, -0.15) is 5.10 Å². The van der Waals surface area contributed by atoms with E-state index in [1.54, 1.807) is 12.1 Å². The first-order valence-electron chi connectivity index (χ1n) is 7.17. The summed E-state index contributed by atoms with van der Waals surface area (Å²) in [6, 6.07) is 10.8. The van der Waals surface area contributed by atoms with Crippen LogP contribution in [0.4, 0.5) is 5.69 Å². The molecule has 3 aromatic rings. The van der Waals surface area contributed by atoms with Crippen molar-refractivity contribution in [3.63, 3.8) is 0 Å². The van der Waals surface area contributed by atoms with E-state index in [-0.39, 0.29) is 26.6 Å². The van der Waals surface area contributed by atoms with Gasteiger partial charge in [0, 0.05) is 5.56 Å². The average Bonchev–Trinajstić information content (AvgIpc) is 2.62. The number of aromatic nitrogens is 1. The lowest BCUT2D eigenvalue weighted by molar-refractivity contribution is 0.0691. The third kappa shape index (κ3) is 3.39. The number of nitrogens with zero attached hydrogens (tertiary/aromatic N) is 2. The van der Waals surface area contributed by atoms with E-state index in [0.717, 1.165) is 10.8 Å². The summed E-state index contributed by atoms with van der Waals surface area (Å²) in [6.07, 6.45) is 1.37. The second kappa shape index (κ2) is 7.37. The maximum Gasteiger partial charge on any atom is 0.356 e. The molecule has 0 aliphatic heterocycles. The number of hydrogen-bond acceptors (Lipinski definition) is 5. The first-order chi connectivity index (χ1) is 12.4. The van der Waals surface area contributed by atoms with E-state index in [9.17, 15) is 9.90 Å². The number of hydrogen-bond donors (Lipinski definition) is 3. The van der Waals surface area contributed by atoms with Crippen molar-refractivity contribution in [2.75, 3.05) is 5.43 Å². The van der Waals surface area contributed by atoms with E-state index in [0.29, 0.717) is 5.56 Å². The van der Waals surface area contributed by atoms with Crippen LogP contribution in [0.25, 0.3) is 10.8 Å². The highest BCUT2D eigenvalue weighted by Gasteiger charge is 2.20. The maximum atomic E-state index is 11.2. The van der Waals surface area contributed by atoms with Gasteiger partial charge in [-0.15, -0.1) is 0 Å². The molecule has 0 saturated carbocycles. The number of aromatic carboxylic acids is 1. The molecule has 0 spiro atoms. The molecule has 0 aliphatic carbocycles. The van der Waals surface area contributed by atoms with E-state index < -0.39 is 11.7 Å². The zero-order chi connectivity index (χ0) is 18.8. The molecule has 0 aliphatic rings. The van der Waals surface area contributed by atoms with Crippen LogP contribution in [-0.2, 0) is 0 Å². The van der Waals surface area contributed by atoms with Crippen LogP contribution in [0.15, 0.2) is 41.5 Å². The summed E-state index contributed by atoms with van der Waals surface area (Å²) in [4.78, 5) is 14.8. The Morgan fingerprint density at radius 2 is 1.85 bits per heavy atom. The third-order valence-corrected chi connectivity index (χ3v) is 4.66. The summed E-state index contributed by atoms with van der Waals surface area (Å²) in [5.41, 5.74) is 2.59. The van der Waals surface area contributed by atoms with Crippen molar-refractivity contribution in [1.82, 2.24) is 4.98 Å². The molecule has 2 aromatic carbocycles. The molecule has 9 heteroatoms. The van der Waals surface area contributed by atoms with Gasteiger partial charge in [0.25, 0.3) is 0 Å². The number of pyridine rings is 1. The minimum absolute atomic E-state index is 0.00158. The van der Waals surface area contributed by atoms with Crippen LogP contribution in [0.3, 0.4) is 0 Å². The molecule has 1 aromatic heterocycles. The van der Waals surface area contributed by atoms with E-state index >= 15 is 0 Å². The van der Waals surface area contributed by atoms with E-state index in [2.05, 4.69) is 15.5 Å². The molecular formula is C17H10Cl3N3O3. The second-order valence-corrected chi connectivity index (χ2v) is 6.26. The fraction of sp³-hybridized carbons (Fsp3) is 0. The second-order valence-electron chi connectivity index (χ2n) is 5.15. The maximum absolute atomic E-state index is 11.2. The molecule has 0 radical (unpaired) electrons. The summed E-state index contributed by atoms with van der Waals surface area (Å²) in [7, 11) is 0. The number of carboxylic acid groups (broad SMARTS) is 1. The lowest BCUT2D eigenvalue weighted by Crippen LogP contribution is -2.05. The van der Waals surface area contributed by atoms with Gasteiger partial charge in [0.15, 0.2) is 10.8 Å². The Morgan fingerprint density at radius 1 is 1.12 bits per heavy atom. The molecule has 132 valence electrons. The normalized spacial score (nSPS) is 11.2. The Bertz CT molecular complexity index is 1050. The first kappa shape index (κ1) is 18.3. The van der Waals surface area contributed by atoms with Crippen molar-refractivity contribution in [1.29, 1.82) is 0 Å². The summed E-state index contributed by atoms with van der Waals surface area (Å²) in [6.45, 7) is 0. The standard InChI is InChI=1S/C17H10Cl3N3O3/c18-12-14(13(19)16(20)22-15(12)17(25)26)23-21-7-10-9-4-2-1-3-8(9)5-6-11(10)24/h1-7,24H,(H,22,23)(H,25,26)/b21-7+. The first-order valence-corrected chi connectivity index (χ1v) is 8.31. The van der Waals surface area contributed by atoms with E-state index in [1.807, 2.05) is 24.3 Å². The van der Waals surface area contributed by atoms with Gasteiger partial charge in [0.2, 0.25) is 0 Å². The molecule has 0 atom stereocenters. The molecule has 1 heterocycles. The molecule has 0 saturated heterocycles. The van der Waals surface area contributed by atoms with Gasteiger partial charge in [0.05, 0.1) is 11.9 Å². The van der Waals surface area contributed by atoms with Crippen molar-refractivity contribution in [2.24, 2.45) is 5.10 Å². The highest BCUT2D eigenvalue weighted by Crippen LogP contribution is 2.37. The van der Waals surface area contributed by atoms with Crippen LogP contribution in [0, 0.1) is 0 Å². The number of phenolic OH excluding ortho intramolecular Hbond substituents is 1. The topological polar surface area (TPSA) is 94.8 Å². The zero-order valence-corrected chi connectivity index (χ0v) is 15.1. The number of benzene rings is 2. The predicted molar refractivity (Wildman–Crippen MR) is 103 cm³/mol. The smallest absolute Gasteiger partial charge is 0.356 e. The van der Waals surface area contributed by atoms with Gasteiger partial charge >= 0.3 is 5.97 Å². The number of aromatic hydroxyl groups is 1. The monoisotopic (exact) mass is 409 g/mol. The van der Waals surface area contributed by atoms with Gasteiger partial charge in [-0.1, -0.05) is 65.1 Å². The van der Waals surface area contributed by atoms with Gasteiger partial charge in [-0.3, -0.25) is 5.43 Å². The quantitative estimate of drug-likeness (QED) is 0.318. The van der Waals surface area contributed by atoms with Crippen molar-refractivity contribution >= 4 is 63.4 Å². The molecule has 0 amide bonds. The number of nitrogens with one attached hydrogen (secondary N) is 1. The lowest BCUT2D eigenvalue weighted by Gasteiger charge is -2.10. The zero-order valence-electron chi connectivity index (χ0n) is 12.9. The Morgan fingerprint density at radius 3 is 2.58 bits per heavy atom. The minimum Gasteiger partial charge on any atom is -0.507 e. The molecule has 0 bridgehead atoms. The van der Waals surface area contributed by atoms with Crippen LogP contribution in [0.1, 0.15) is 16.1 Å². The Labute approximate surface area is 162 Å². The molecular weight excluding hydrogens is 401 g/mol. The van der Waals surface area contributed by atoms with Crippen molar-refractivity contribution < 1.29 is 15.0 Å². The molecule has 0 fully saturated rings. The fourth-order valence-electron chi connectivity index (χ4n) is 2.34. The lowest BCUT2D eigenvalue weighted by atomic mass is 10.0. The van der Waals surface area contributed by atoms with Crippen molar-refractivity contribution in [2.45, 2.75) is 0 Å². The molecule has 26 heavy (non-hydrogen) atoms. The Hall–Kier alpha value is -2.54. The van der Waals surface area contributed by atoms with Crippen LogP contribution in [0.5, 0.6) is 5.75 Å². The number of hydrazone groups is 1. The Kier molecular flexibility index (Phi) is 5.18. The SMILES string of the molecule is O=C(O)c1nc(Cl)c(Cl)c(N/N=C/c2c(O)ccc3ccccc23)c1Cl. The number of carboxylic acids is 1. The average molecular weight is 411 g/mol. The van der Waals surface area contributed by atoms with Crippen molar-refractivity contribution in [3.8, 4) is 5.75 Å². The number of halogens is 3. The van der Waals surface area contributed by atoms with Crippen LogP contribution in [-0.4, -0.2) is 27.4 Å². The minimum atomic E-state index is -1.35. The van der Waals surface area contributed by atoms with Gasteiger partial charge in [-0.25, -0.2) is 9.78 Å². The summed E-state index contributed by atoms with van der Waals surface area (Å²) in [5, 5.41) is 24.4. The summed E-state index contributed by atoms with van der Waals surface area (Å²) < 4.78 is 0. The van der Waals surface area contributed by atoms with Crippen molar-refractivity contribution in [3.05, 3.63) is 62.9 Å². The molecule has 6 nitrogen and oxygen atoms in total. The van der Waals surface area contributed by atoms with Crippen LogP contribution in [0.2, 0.25) is 15.2 Å². The highest BCUT2D eigenvalue weighted by atomic mass is 35.5. The van der Waals surface area contributed by atoms with Gasteiger partial charge < -0.3 is 10.2 Å². The molecule has 3 rings (SSSR count). The highest BCUT2D eigenvalue weighted by molar-refractivity contribution is 6.46. The number of fused-ring (bicyclic) bond motifs is 1. The van der Waals surface area contributed by atoms with Crippen LogP contribution >= 0.6 is 34.8 Å². The molecule has 0 unspecified atom stereocenters. The van der Waals surface area contributed by atoms with E-state index in [4.69, 9.17) is 39.9 Å². The number of rotatable bonds is 4. The largest absolute Gasteiger partial charge is 0.507 e. The van der Waals surface area contributed by atoms with Gasteiger partial charge in [-0.05, 0) is 16.8 Å². The van der Waals surface area contributed by atoms with Crippen LogP contribution < -0.4 is 5.43 Å².